The highest BCUT2D eigenvalue weighted by molar-refractivity contribution is 8.27. The Morgan fingerprint density at radius 2 is 1.80 bits per heavy atom. The molecular formula is C21H11F4NO2S2. The number of benzene rings is 2. The van der Waals surface area contributed by atoms with Gasteiger partial charge in [-0.1, -0.05) is 48.2 Å². The van der Waals surface area contributed by atoms with E-state index in [-0.39, 0.29) is 26.3 Å². The second kappa shape index (κ2) is 7.73. The number of furan rings is 1. The van der Waals surface area contributed by atoms with Gasteiger partial charge in [-0.05, 0) is 36.4 Å². The molecule has 2 aromatic carbocycles. The molecule has 1 amide bonds. The van der Waals surface area contributed by atoms with E-state index in [4.69, 9.17) is 16.6 Å². The summed E-state index contributed by atoms with van der Waals surface area (Å²) in [5.41, 5.74) is -0.625. The molecule has 0 saturated carbocycles. The number of carbonyl (C=O) groups is 1. The van der Waals surface area contributed by atoms with Gasteiger partial charge in [-0.25, -0.2) is 4.39 Å². The van der Waals surface area contributed by atoms with E-state index in [1.165, 1.54) is 59.5 Å². The van der Waals surface area contributed by atoms with E-state index in [1.807, 2.05) is 0 Å². The number of hydrogen-bond acceptors (Lipinski definition) is 4. The number of carbonyl (C=O) groups excluding carboxylic acids is 1. The van der Waals surface area contributed by atoms with E-state index < -0.39 is 23.5 Å². The van der Waals surface area contributed by atoms with Gasteiger partial charge in [0, 0.05) is 11.6 Å². The molecule has 0 N–H and O–H groups in total. The first-order valence-electron chi connectivity index (χ1n) is 8.54. The molecule has 4 rings (SSSR count). The van der Waals surface area contributed by atoms with Gasteiger partial charge in [-0.15, -0.1) is 0 Å². The van der Waals surface area contributed by atoms with E-state index >= 15 is 0 Å². The van der Waals surface area contributed by atoms with Gasteiger partial charge in [-0.2, -0.15) is 13.2 Å². The van der Waals surface area contributed by atoms with Crippen LogP contribution >= 0.6 is 24.0 Å². The van der Waals surface area contributed by atoms with Gasteiger partial charge in [0.15, 0.2) is 4.32 Å². The molecule has 0 atom stereocenters. The summed E-state index contributed by atoms with van der Waals surface area (Å²) >= 11 is 6.22. The highest BCUT2D eigenvalue weighted by Crippen LogP contribution is 2.39. The molecule has 30 heavy (non-hydrogen) atoms. The zero-order valence-electron chi connectivity index (χ0n) is 14.9. The van der Waals surface area contributed by atoms with E-state index in [2.05, 4.69) is 0 Å². The Bertz CT molecular complexity index is 1180. The second-order valence-corrected chi connectivity index (χ2v) is 7.92. The van der Waals surface area contributed by atoms with Crippen LogP contribution in [0.15, 0.2) is 70.0 Å². The molecule has 9 heteroatoms. The molecule has 1 aliphatic heterocycles. The summed E-state index contributed by atoms with van der Waals surface area (Å²) in [5, 5.41) is 0. The summed E-state index contributed by atoms with van der Waals surface area (Å²) in [7, 11) is 0. The third-order valence-electron chi connectivity index (χ3n) is 4.26. The van der Waals surface area contributed by atoms with Gasteiger partial charge in [-0.3, -0.25) is 9.69 Å². The normalized spacial score (nSPS) is 16.0. The second-order valence-electron chi connectivity index (χ2n) is 6.24. The number of alkyl halides is 3. The molecule has 1 fully saturated rings. The SMILES string of the molecule is O=C1/C(=C/c2ccc(-c3ccccc3C(F)(F)F)o2)SC(=S)N1c1cccc(F)c1. The van der Waals surface area contributed by atoms with Gasteiger partial charge in [0.25, 0.3) is 5.91 Å². The smallest absolute Gasteiger partial charge is 0.417 e. The molecule has 0 aliphatic carbocycles. The molecule has 3 aromatic rings. The van der Waals surface area contributed by atoms with E-state index in [0.717, 1.165) is 17.8 Å². The van der Waals surface area contributed by atoms with E-state index in [0.29, 0.717) is 5.69 Å². The molecule has 0 radical (unpaired) electrons. The van der Waals surface area contributed by atoms with E-state index in [1.54, 1.807) is 6.07 Å². The predicted molar refractivity (Wildman–Crippen MR) is 111 cm³/mol. The molecule has 0 spiro atoms. The lowest BCUT2D eigenvalue weighted by molar-refractivity contribution is -0.137. The lowest BCUT2D eigenvalue weighted by Crippen LogP contribution is -2.27. The number of thioether (sulfide) groups is 1. The van der Waals surface area contributed by atoms with Gasteiger partial charge in [0.1, 0.15) is 17.3 Å². The average Bonchev–Trinajstić information content (AvgIpc) is 3.26. The maximum absolute atomic E-state index is 13.5. The number of halogens is 4. The van der Waals surface area contributed by atoms with Crippen molar-refractivity contribution < 1.29 is 26.8 Å². The molecular weight excluding hydrogens is 438 g/mol. The van der Waals surface area contributed by atoms with Gasteiger partial charge < -0.3 is 4.42 Å². The minimum absolute atomic E-state index is 0.0229. The summed E-state index contributed by atoms with van der Waals surface area (Å²) in [6.07, 6.45) is -3.13. The van der Waals surface area contributed by atoms with Crippen LogP contribution in [0.3, 0.4) is 0 Å². The maximum Gasteiger partial charge on any atom is 0.417 e. The fourth-order valence-electron chi connectivity index (χ4n) is 2.96. The number of thiocarbonyl (C=S) groups is 1. The summed E-state index contributed by atoms with van der Waals surface area (Å²) in [6.45, 7) is 0. The minimum Gasteiger partial charge on any atom is -0.457 e. The number of rotatable bonds is 3. The first-order valence-corrected chi connectivity index (χ1v) is 9.76. The maximum atomic E-state index is 13.5. The van der Waals surface area contributed by atoms with E-state index in [9.17, 15) is 22.4 Å². The van der Waals surface area contributed by atoms with Crippen molar-refractivity contribution in [1.29, 1.82) is 0 Å². The molecule has 0 unspecified atom stereocenters. The quantitative estimate of drug-likeness (QED) is 0.259. The zero-order valence-corrected chi connectivity index (χ0v) is 16.6. The zero-order chi connectivity index (χ0) is 21.5. The summed E-state index contributed by atoms with van der Waals surface area (Å²) in [4.78, 5) is 14.1. The highest BCUT2D eigenvalue weighted by Gasteiger charge is 2.35. The van der Waals surface area contributed by atoms with Crippen molar-refractivity contribution in [2.75, 3.05) is 4.90 Å². The van der Waals surface area contributed by atoms with Crippen LogP contribution < -0.4 is 4.90 Å². The highest BCUT2D eigenvalue weighted by atomic mass is 32.2. The van der Waals surface area contributed by atoms with Gasteiger partial charge >= 0.3 is 6.18 Å². The summed E-state index contributed by atoms with van der Waals surface area (Å²) in [5.74, 6) is -0.759. The third kappa shape index (κ3) is 3.90. The molecule has 1 aromatic heterocycles. The lowest BCUT2D eigenvalue weighted by atomic mass is 10.1. The number of hydrogen-bond donors (Lipinski definition) is 0. The van der Waals surface area contributed by atoms with Crippen LogP contribution in [-0.4, -0.2) is 10.2 Å². The molecule has 2 heterocycles. The van der Waals surface area contributed by atoms with Crippen molar-refractivity contribution >= 4 is 46.0 Å². The fraction of sp³-hybridized carbons (Fsp3) is 0.0476. The number of anilines is 1. The molecule has 152 valence electrons. The molecule has 3 nitrogen and oxygen atoms in total. The average molecular weight is 449 g/mol. The lowest BCUT2D eigenvalue weighted by Gasteiger charge is -2.14. The third-order valence-corrected chi connectivity index (χ3v) is 5.56. The van der Waals surface area contributed by atoms with Crippen LogP contribution in [0.4, 0.5) is 23.2 Å². The first kappa shape index (κ1) is 20.4. The Morgan fingerprint density at radius 3 is 2.53 bits per heavy atom. The Hall–Kier alpha value is -2.91. The Kier molecular flexibility index (Phi) is 5.25. The van der Waals surface area contributed by atoms with Gasteiger partial charge in [0.05, 0.1) is 16.2 Å². The largest absolute Gasteiger partial charge is 0.457 e. The Labute approximate surface area is 178 Å². The van der Waals surface area contributed by atoms with Crippen LogP contribution in [0.1, 0.15) is 11.3 Å². The summed E-state index contributed by atoms with van der Waals surface area (Å²) in [6, 6.07) is 13.4. The van der Waals surface area contributed by atoms with Crippen LogP contribution in [0.5, 0.6) is 0 Å². The van der Waals surface area contributed by atoms with Crippen molar-refractivity contribution in [3.63, 3.8) is 0 Å². The van der Waals surface area contributed by atoms with Crippen molar-refractivity contribution in [3.05, 3.63) is 82.7 Å². The van der Waals surface area contributed by atoms with Crippen molar-refractivity contribution in [2.45, 2.75) is 6.18 Å². The Morgan fingerprint density at radius 1 is 1.03 bits per heavy atom. The number of nitrogens with zero attached hydrogens (tertiary/aromatic N) is 1. The number of amides is 1. The van der Waals surface area contributed by atoms with Crippen LogP contribution in [0.25, 0.3) is 17.4 Å². The summed E-state index contributed by atoms with van der Waals surface area (Å²) < 4.78 is 59.0. The van der Waals surface area contributed by atoms with Crippen molar-refractivity contribution in [2.24, 2.45) is 0 Å². The monoisotopic (exact) mass is 449 g/mol. The van der Waals surface area contributed by atoms with Crippen LogP contribution in [0.2, 0.25) is 0 Å². The first-order chi connectivity index (χ1) is 14.2. The standard InChI is InChI=1S/C21H11F4NO2S2/c22-12-4-3-5-13(10-12)26-19(27)18(30-20(26)29)11-14-8-9-17(28-14)15-6-1-2-7-16(15)21(23,24)25/h1-11H/b18-11-. The predicted octanol–water partition coefficient (Wildman–Crippen LogP) is 6.51. The minimum atomic E-state index is -4.53. The van der Waals surface area contributed by atoms with Gasteiger partial charge in [0.2, 0.25) is 0 Å². The molecule has 1 saturated heterocycles. The molecule has 1 aliphatic rings. The fourth-order valence-corrected chi connectivity index (χ4v) is 4.23. The van der Waals surface area contributed by atoms with Crippen LogP contribution in [0, 0.1) is 5.82 Å². The Balaban J connectivity index is 1.64. The van der Waals surface area contributed by atoms with Crippen molar-refractivity contribution in [3.8, 4) is 11.3 Å². The van der Waals surface area contributed by atoms with Crippen molar-refractivity contribution in [1.82, 2.24) is 0 Å². The molecule has 0 bridgehead atoms. The van der Waals surface area contributed by atoms with Crippen LogP contribution in [-0.2, 0) is 11.0 Å². The topological polar surface area (TPSA) is 33.5 Å².